The first-order chi connectivity index (χ1) is 14.3. The van der Waals surface area contributed by atoms with Gasteiger partial charge in [0.1, 0.15) is 11.4 Å². The third kappa shape index (κ3) is 2.47. The van der Waals surface area contributed by atoms with Gasteiger partial charge in [0, 0.05) is 23.7 Å². The van der Waals surface area contributed by atoms with Gasteiger partial charge < -0.3 is 10.0 Å². The Morgan fingerprint density at radius 2 is 1.87 bits per heavy atom. The van der Waals surface area contributed by atoms with E-state index in [1.54, 1.807) is 18.6 Å². The average molecular weight is 402 g/mol. The lowest BCUT2D eigenvalue weighted by Crippen LogP contribution is -2.65. The molecule has 1 amide bonds. The molecule has 5 nitrogen and oxygen atoms in total. The fourth-order valence-corrected chi connectivity index (χ4v) is 5.56. The van der Waals surface area contributed by atoms with Gasteiger partial charge in [-0.05, 0) is 47.6 Å². The van der Waals surface area contributed by atoms with E-state index in [1.807, 2.05) is 45.9 Å². The smallest absolute Gasteiger partial charge is 0.272 e. The summed E-state index contributed by atoms with van der Waals surface area (Å²) < 4.78 is 1.86. The summed E-state index contributed by atoms with van der Waals surface area (Å²) in [6.07, 6.45) is 4.88. The molecule has 30 heavy (non-hydrogen) atoms. The van der Waals surface area contributed by atoms with Gasteiger partial charge in [-0.15, -0.1) is 0 Å². The van der Waals surface area contributed by atoms with Gasteiger partial charge in [-0.2, -0.15) is 0 Å². The molecule has 1 unspecified atom stereocenters. The number of aromatic hydroxyl groups is 1. The molecule has 1 aromatic heterocycles. The summed E-state index contributed by atoms with van der Waals surface area (Å²) in [6, 6.07) is 15.7. The molecule has 0 spiro atoms. The molecule has 5 heteroatoms. The fraction of sp³-hybridized carbons (Fsp3) is 0.360. The highest BCUT2D eigenvalue weighted by atomic mass is 16.3. The van der Waals surface area contributed by atoms with Crippen LogP contribution in [0.1, 0.15) is 48.8 Å². The molecule has 2 heterocycles. The second kappa shape index (κ2) is 6.46. The minimum Gasteiger partial charge on any atom is -0.508 e. The zero-order valence-electron chi connectivity index (χ0n) is 17.7. The van der Waals surface area contributed by atoms with Crippen molar-refractivity contribution >= 4 is 5.91 Å². The number of hydrogen-bond donors (Lipinski definition) is 1. The van der Waals surface area contributed by atoms with Crippen molar-refractivity contribution < 1.29 is 9.90 Å². The maximum Gasteiger partial charge on any atom is 0.272 e. The van der Waals surface area contributed by atoms with Gasteiger partial charge >= 0.3 is 0 Å². The van der Waals surface area contributed by atoms with Gasteiger partial charge in [0.25, 0.3) is 5.91 Å². The molecule has 5 rings (SSSR count). The number of nitrogens with zero attached hydrogens (tertiary/aromatic N) is 3. The van der Waals surface area contributed by atoms with Crippen LogP contribution in [0.3, 0.4) is 0 Å². The minimum atomic E-state index is -0.126. The summed E-state index contributed by atoms with van der Waals surface area (Å²) >= 11 is 0. The summed E-state index contributed by atoms with van der Waals surface area (Å²) in [4.78, 5) is 20.0. The van der Waals surface area contributed by atoms with E-state index >= 15 is 0 Å². The lowest BCUT2D eigenvalue weighted by Gasteiger charge is -2.60. The molecule has 0 radical (unpaired) electrons. The zero-order chi connectivity index (χ0) is 21.1. The predicted molar refractivity (Wildman–Crippen MR) is 116 cm³/mol. The maximum absolute atomic E-state index is 13.7. The van der Waals surface area contributed by atoms with Gasteiger partial charge in [0.2, 0.25) is 0 Å². The number of benzene rings is 2. The number of carbonyl (C=O) groups excluding carboxylic acids is 1. The normalized spacial score (nSPS) is 24.4. The van der Waals surface area contributed by atoms with E-state index in [2.05, 4.69) is 31.8 Å². The molecule has 3 aromatic rings. The number of phenols is 1. The van der Waals surface area contributed by atoms with E-state index in [-0.39, 0.29) is 22.8 Å². The minimum absolute atomic E-state index is 0.00340. The Bertz CT molecular complexity index is 1120. The number of rotatable bonds is 2. The van der Waals surface area contributed by atoms with E-state index in [0.717, 1.165) is 17.7 Å². The average Bonchev–Trinajstić information content (AvgIpc) is 3.21. The van der Waals surface area contributed by atoms with E-state index in [9.17, 15) is 9.90 Å². The van der Waals surface area contributed by atoms with Crippen molar-refractivity contribution in [1.82, 2.24) is 14.5 Å². The highest BCUT2D eigenvalue weighted by Gasteiger charge is 2.57. The van der Waals surface area contributed by atoms with E-state index in [4.69, 9.17) is 0 Å². The standard InChI is InChI=1S/C25H27N3O2/c1-24(2)22-14-18-19(10-7-11-21(18)29)25(24,3)12-13-27(22)23(30)20-15-26-16-28(20)17-8-5-4-6-9-17/h4-11,15-16,22,29H,12-14H2,1-3H3/t22?,25-/m0/s1. The largest absolute Gasteiger partial charge is 0.508 e. The topological polar surface area (TPSA) is 58.4 Å². The zero-order valence-corrected chi connectivity index (χ0v) is 17.7. The third-order valence-electron chi connectivity index (χ3n) is 7.78. The quantitative estimate of drug-likeness (QED) is 0.695. The monoisotopic (exact) mass is 401 g/mol. The van der Waals surface area contributed by atoms with Crippen LogP contribution < -0.4 is 0 Å². The number of likely N-dealkylation sites (tertiary alicyclic amines) is 1. The Kier molecular flexibility index (Phi) is 4.07. The Morgan fingerprint density at radius 3 is 2.63 bits per heavy atom. The van der Waals surface area contributed by atoms with E-state index < -0.39 is 0 Å². The Hall–Kier alpha value is -3.08. The van der Waals surface area contributed by atoms with Gasteiger partial charge in [-0.1, -0.05) is 51.1 Å². The van der Waals surface area contributed by atoms with E-state index in [1.165, 1.54) is 5.56 Å². The predicted octanol–water partition coefficient (Wildman–Crippen LogP) is 4.33. The molecule has 1 aliphatic heterocycles. The lowest BCUT2D eigenvalue weighted by atomic mass is 9.51. The second-order valence-electron chi connectivity index (χ2n) is 9.31. The van der Waals surface area contributed by atoms with Crippen LogP contribution in [0.2, 0.25) is 0 Å². The number of piperidine rings is 1. The molecule has 154 valence electrons. The van der Waals surface area contributed by atoms with Crippen LogP contribution >= 0.6 is 0 Å². The number of hydrogen-bond acceptors (Lipinski definition) is 3. The number of fused-ring (bicyclic) bond motifs is 4. The number of carbonyl (C=O) groups is 1. The molecule has 0 saturated carbocycles. The molecular formula is C25H27N3O2. The number of phenolic OH excluding ortho intramolecular Hbond substituents is 1. The number of para-hydroxylation sites is 1. The molecule has 2 aliphatic rings. The van der Waals surface area contributed by atoms with Gasteiger partial charge in [-0.3, -0.25) is 9.36 Å². The van der Waals surface area contributed by atoms with Gasteiger partial charge in [0.15, 0.2) is 0 Å². The van der Waals surface area contributed by atoms with Crippen molar-refractivity contribution in [3.05, 3.63) is 77.9 Å². The summed E-state index contributed by atoms with van der Waals surface area (Å²) in [5.74, 6) is 0.332. The molecule has 2 atom stereocenters. The summed E-state index contributed by atoms with van der Waals surface area (Å²) in [5, 5.41) is 10.6. The van der Waals surface area contributed by atoms with Crippen LogP contribution in [-0.4, -0.2) is 38.1 Å². The first-order valence-electron chi connectivity index (χ1n) is 10.5. The van der Waals surface area contributed by atoms with Crippen LogP contribution in [0.4, 0.5) is 0 Å². The van der Waals surface area contributed by atoms with Gasteiger partial charge in [0.05, 0.1) is 12.5 Å². The lowest BCUT2D eigenvalue weighted by molar-refractivity contribution is -0.0270. The first-order valence-corrected chi connectivity index (χ1v) is 10.5. The Morgan fingerprint density at radius 1 is 1.10 bits per heavy atom. The summed E-state index contributed by atoms with van der Waals surface area (Å²) in [5.41, 5.74) is 3.48. The van der Waals surface area contributed by atoms with Crippen LogP contribution in [0.5, 0.6) is 5.75 Å². The fourth-order valence-electron chi connectivity index (χ4n) is 5.56. The highest BCUT2D eigenvalue weighted by molar-refractivity contribution is 5.93. The van der Waals surface area contributed by atoms with Crippen LogP contribution in [0.15, 0.2) is 61.1 Å². The van der Waals surface area contributed by atoms with Crippen LogP contribution in [0.25, 0.3) is 5.69 Å². The number of aromatic nitrogens is 2. The summed E-state index contributed by atoms with van der Waals surface area (Å²) in [6.45, 7) is 7.50. The highest BCUT2D eigenvalue weighted by Crippen LogP contribution is 2.57. The van der Waals surface area contributed by atoms with Crippen LogP contribution in [-0.2, 0) is 11.8 Å². The molecular weight excluding hydrogens is 374 g/mol. The molecule has 1 N–H and O–H groups in total. The van der Waals surface area contributed by atoms with Crippen LogP contribution in [0, 0.1) is 5.41 Å². The van der Waals surface area contributed by atoms with E-state index in [0.29, 0.717) is 24.4 Å². The molecule has 2 bridgehead atoms. The molecule has 2 aromatic carbocycles. The van der Waals surface area contributed by atoms with Crippen molar-refractivity contribution in [3.8, 4) is 11.4 Å². The SMILES string of the molecule is CC1(C)C2Cc3c(O)cccc3[C@]1(C)CCN2C(=O)c1cncn1-c1ccccc1. The molecule has 1 saturated heterocycles. The van der Waals surface area contributed by atoms with Crippen molar-refractivity contribution in [2.45, 2.75) is 45.1 Å². The third-order valence-corrected chi connectivity index (χ3v) is 7.78. The molecule has 1 fully saturated rings. The van der Waals surface area contributed by atoms with Gasteiger partial charge in [-0.25, -0.2) is 4.98 Å². The number of amides is 1. The van der Waals surface area contributed by atoms with Crippen molar-refractivity contribution in [2.75, 3.05) is 6.54 Å². The Balaban J connectivity index is 1.57. The second-order valence-corrected chi connectivity index (χ2v) is 9.31. The van der Waals surface area contributed by atoms with Crippen molar-refractivity contribution in [3.63, 3.8) is 0 Å². The van der Waals surface area contributed by atoms with Crippen molar-refractivity contribution in [1.29, 1.82) is 0 Å². The van der Waals surface area contributed by atoms with Crippen molar-refractivity contribution in [2.24, 2.45) is 5.41 Å². The maximum atomic E-state index is 13.7. The first kappa shape index (κ1) is 18.9. The summed E-state index contributed by atoms with van der Waals surface area (Å²) in [7, 11) is 0. The Labute approximate surface area is 177 Å². The molecule has 1 aliphatic carbocycles. The number of imidazole rings is 1.